The highest BCUT2D eigenvalue weighted by molar-refractivity contribution is 9.10. The van der Waals surface area contributed by atoms with Crippen LogP contribution in [0.1, 0.15) is 42.2 Å². The van der Waals surface area contributed by atoms with Gasteiger partial charge in [0.2, 0.25) is 0 Å². The van der Waals surface area contributed by atoms with Crippen LogP contribution in [0.5, 0.6) is 5.75 Å². The lowest BCUT2D eigenvalue weighted by Gasteiger charge is -2.17. The number of aryl methyl sites for hydroxylation is 2. The third-order valence-electron chi connectivity index (χ3n) is 4.82. The number of imide groups is 1. The third-order valence-corrected chi connectivity index (χ3v) is 5.61. The van der Waals surface area contributed by atoms with Crippen molar-refractivity contribution in [1.29, 1.82) is 0 Å². The molecule has 1 aliphatic heterocycles. The van der Waals surface area contributed by atoms with E-state index >= 15 is 0 Å². The van der Waals surface area contributed by atoms with Crippen LogP contribution < -0.4 is 9.64 Å². The number of carbonyl (C=O) groups is 3. The van der Waals surface area contributed by atoms with Crippen LogP contribution in [-0.2, 0) is 0 Å². The van der Waals surface area contributed by atoms with Crippen molar-refractivity contribution in [2.45, 2.75) is 13.8 Å². The van der Waals surface area contributed by atoms with E-state index in [0.717, 1.165) is 20.5 Å². The molecule has 2 amide bonds. The maximum atomic E-state index is 13.0. The number of halogens is 2. The van der Waals surface area contributed by atoms with Gasteiger partial charge in [0.25, 0.3) is 11.8 Å². The number of amides is 2. The molecule has 1 heterocycles. The summed E-state index contributed by atoms with van der Waals surface area (Å²) in [7, 11) is 0. The molecule has 0 saturated carbocycles. The second kappa shape index (κ2) is 7.70. The van der Waals surface area contributed by atoms with E-state index in [9.17, 15) is 14.4 Å². The van der Waals surface area contributed by atoms with Crippen molar-refractivity contribution >= 4 is 51.0 Å². The Hall–Kier alpha value is -2.96. The number of nitrogens with zero attached hydrogens (tertiary/aromatic N) is 1. The number of ether oxygens (including phenoxy) is 1. The standard InChI is InChI=1S/C23H15BrClNO4/c1-12-3-4-13(2)19(9-12)26-21(27)16-7-5-14(10-17(16)22(26)28)23(29)30-20-8-6-15(24)11-18(20)25/h3-11H,1-2H3. The Bertz CT molecular complexity index is 1240. The van der Waals surface area contributed by atoms with E-state index in [4.69, 9.17) is 16.3 Å². The maximum absolute atomic E-state index is 13.0. The summed E-state index contributed by atoms with van der Waals surface area (Å²) in [4.78, 5) is 39.6. The topological polar surface area (TPSA) is 63.7 Å². The molecule has 7 heteroatoms. The molecule has 4 rings (SSSR count). The van der Waals surface area contributed by atoms with Crippen LogP contribution in [0.25, 0.3) is 0 Å². The SMILES string of the molecule is Cc1ccc(C)c(N2C(=O)c3ccc(C(=O)Oc4ccc(Br)cc4Cl)cc3C2=O)c1. The highest BCUT2D eigenvalue weighted by Gasteiger charge is 2.38. The normalized spacial score (nSPS) is 12.9. The third kappa shape index (κ3) is 3.53. The number of hydrogen-bond donors (Lipinski definition) is 0. The quantitative estimate of drug-likeness (QED) is 0.270. The van der Waals surface area contributed by atoms with Crippen LogP contribution in [0.4, 0.5) is 5.69 Å². The lowest BCUT2D eigenvalue weighted by atomic mass is 10.1. The minimum Gasteiger partial charge on any atom is -0.421 e. The van der Waals surface area contributed by atoms with Crippen molar-refractivity contribution in [2.75, 3.05) is 4.90 Å². The summed E-state index contributed by atoms with van der Waals surface area (Å²) < 4.78 is 6.10. The number of esters is 1. The van der Waals surface area contributed by atoms with Gasteiger partial charge in [-0.25, -0.2) is 9.69 Å². The zero-order valence-corrected chi connectivity index (χ0v) is 18.4. The average Bonchev–Trinajstić information content (AvgIpc) is 2.96. The Labute approximate surface area is 186 Å². The van der Waals surface area contributed by atoms with Gasteiger partial charge in [0.15, 0.2) is 0 Å². The van der Waals surface area contributed by atoms with E-state index in [0.29, 0.717) is 5.69 Å². The molecule has 0 fully saturated rings. The van der Waals surface area contributed by atoms with Crippen LogP contribution in [0.3, 0.4) is 0 Å². The van der Waals surface area contributed by atoms with E-state index in [1.165, 1.54) is 18.2 Å². The number of benzene rings is 3. The van der Waals surface area contributed by atoms with E-state index in [1.807, 2.05) is 26.0 Å². The Morgan fingerprint density at radius 3 is 2.40 bits per heavy atom. The van der Waals surface area contributed by atoms with E-state index < -0.39 is 17.8 Å². The summed E-state index contributed by atoms with van der Waals surface area (Å²) in [6.45, 7) is 3.73. The molecule has 0 N–H and O–H groups in total. The Balaban J connectivity index is 1.66. The zero-order valence-electron chi connectivity index (χ0n) is 16.0. The number of fused-ring (bicyclic) bond motifs is 1. The van der Waals surface area contributed by atoms with Crippen LogP contribution in [-0.4, -0.2) is 17.8 Å². The lowest BCUT2D eigenvalue weighted by Crippen LogP contribution is -2.30. The fourth-order valence-electron chi connectivity index (χ4n) is 3.26. The van der Waals surface area contributed by atoms with Crippen molar-refractivity contribution in [2.24, 2.45) is 0 Å². The number of carbonyl (C=O) groups excluding carboxylic acids is 3. The Morgan fingerprint density at radius 1 is 0.933 bits per heavy atom. The monoisotopic (exact) mass is 483 g/mol. The van der Waals surface area contributed by atoms with Crippen molar-refractivity contribution in [1.82, 2.24) is 0 Å². The lowest BCUT2D eigenvalue weighted by molar-refractivity contribution is 0.0734. The van der Waals surface area contributed by atoms with Crippen molar-refractivity contribution in [3.05, 3.63) is 91.9 Å². The van der Waals surface area contributed by atoms with Crippen LogP contribution in [0.15, 0.2) is 59.1 Å². The first-order valence-electron chi connectivity index (χ1n) is 9.03. The molecule has 150 valence electrons. The minimum absolute atomic E-state index is 0.150. The summed E-state index contributed by atoms with van der Waals surface area (Å²) in [5.74, 6) is -1.36. The molecule has 1 aliphatic rings. The van der Waals surface area contributed by atoms with Crippen LogP contribution in [0.2, 0.25) is 5.02 Å². The first kappa shape index (κ1) is 20.3. The van der Waals surface area contributed by atoms with Gasteiger partial charge in [-0.3, -0.25) is 9.59 Å². The zero-order chi connectivity index (χ0) is 21.6. The summed E-state index contributed by atoms with van der Waals surface area (Å²) in [5, 5.41) is 0.270. The molecular weight excluding hydrogens is 470 g/mol. The van der Waals surface area contributed by atoms with Gasteiger partial charge < -0.3 is 4.74 Å². The molecule has 0 unspecified atom stereocenters. The molecule has 0 aliphatic carbocycles. The molecule has 0 spiro atoms. The summed E-state index contributed by atoms with van der Waals surface area (Å²) in [6, 6.07) is 14.8. The molecule has 3 aromatic rings. The first-order valence-corrected chi connectivity index (χ1v) is 10.2. The van der Waals surface area contributed by atoms with Gasteiger partial charge >= 0.3 is 5.97 Å². The van der Waals surface area contributed by atoms with Gasteiger partial charge in [0.1, 0.15) is 5.75 Å². The van der Waals surface area contributed by atoms with Crippen LogP contribution in [0, 0.1) is 13.8 Å². The molecule has 0 aromatic heterocycles. The van der Waals surface area contributed by atoms with Gasteiger partial charge in [-0.05, 0) is 67.4 Å². The van der Waals surface area contributed by atoms with E-state index in [1.54, 1.807) is 24.3 Å². The smallest absolute Gasteiger partial charge is 0.343 e. The average molecular weight is 485 g/mol. The van der Waals surface area contributed by atoms with Gasteiger partial charge in [0, 0.05) is 4.47 Å². The van der Waals surface area contributed by atoms with E-state index in [2.05, 4.69) is 15.9 Å². The minimum atomic E-state index is -0.674. The first-order chi connectivity index (χ1) is 14.3. The molecular formula is C23H15BrClNO4. The molecule has 5 nitrogen and oxygen atoms in total. The fourth-order valence-corrected chi connectivity index (χ4v) is 3.98. The van der Waals surface area contributed by atoms with Crippen molar-refractivity contribution in [3.8, 4) is 5.75 Å². The second-order valence-electron chi connectivity index (χ2n) is 6.96. The van der Waals surface area contributed by atoms with Gasteiger partial charge in [-0.2, -0.15) is 0 Å². The Kier molecular flexibility index (Phi) is 5.22. The fraction of sp³-hybridized carbons (Fsp3) is 0.0870. The van der Waals surface area contributed by atoms with Gasteiger partial charge in [-0.1, -0.05) is 39.7 Å². The van der Waals surface area contributed by atoms with Crippen molar-refractivity contribution in [3.63, 3.8) is 0 Å². The number of rotatable bonds is 3. The summed E-state index contributed by atoms with van der Waals surface area (Å²) in [6.07, 6.45) is 0. The predicted octanol–water partition coefficient (Wildman–Crippen LogP) is 5.74. The molecule has 0 saturated heterocycles. The van der Waals surface area contributed by atoms with Crippen LogP contribution >= 0.6 is 27.5 Å². The summed E-state index contributed by atoms with van der Waals surface area (Å²) >= 11 is 9.39. The number of anilines is 1. The van der Waals surface area contributed by atoms with Gasteiger partial charge in [-0.15, -0.1) is 0 Å². The molecule has 30 heavy (non-hydrogen) atoms. The molecule has 0 bridgehead atoms. The summed E-state index contributed by atoms with van der Waals surface area (Å²) in [5.41, 5.74) is 2.84. The largest absolute Gasteiger partial charge is 0.421 e. The van der Waals surface area contributed by atoms with Gasteiger partial charge in [0.05, 0.1) is 27.4 Å². The predicted molar refractivity (Wildman–Crippen MR) is 118 cm³/mol. The van der Waals surface area contributed by atoms with E-state index in [-0.39, 0.29) is 27.5 Å². The molecule has 0 atom stereocenters. The second-order valence-corrected chi connectivity index (χ2v) is 8.28. The molecule has 0 radical (unpaired) electrons. The van der Waals surface area contributed by atoms with Crippen molar-refractivity contribution < 1.29 is 19.1 Å². The Morgan fingerprint density at radius 2 is 1.67 bits per heavy atom. The highest BCUT2D eigenvalue weighted by atomic mass is 79.9. The molecule has 3 aromatic carbocycles. The number of hydrogen-bond acceptors (Lipinski definition) is 4. The maximum Gasteiger partial charge on any atom is 0.343 e. The highest BCUT2D eigenvalue weighted by Crippen LogP contribution is 2.33.